The first-order valence-corrected chi connectivity index (χ1v) is 6.41. The van der Waals surface area contributed by atoms with Crippen LogP contribution in [0.3, 0.4) is 0 Å². The molecule has 2 rings (SSSR count). The van der Waals surface area contributed by atoms with Crippen LogP contribution in [0.1, 0.15) is 22.8 Å². The summed E-state index contributed by atoms with van der Waals surface area (Å²) in [5, 5.41) is 12.5. The minimum absolute atomic E-state index is 0.0741. The van der Waals surface area contributed by atoms with Crippen LogP contribution in [-0.2, 0) is 6.42 Å². The number of carbonyl (C=O) groups is 1. The van der Waals surface area contributed by atoms with Crippen molar-refractivity contribution in [1.29, 1.82) is 0 Å². The molecule has 0 saturated carbocycles. The summed E-state index contributed by atoms with van der Waals surface area (Å²) in [6.45, 7) is 2.05. The van der Waals surface area contributed by atoms with Crippen LogP contribution in [0.25, 0.3) is 0 Å². The number of hydrogen-bond donors (Lipinski definition) is 2. The monoisotopic (exact) mass is 271 g/mol. The molecule has 0 aromatic heterocycles. The quantitative estimate of drug-likeness (QED) is 0.897. The molecule has 2 aromatic rings. The molecule has 20 heavy (non-hydrogen) atoms. The number of phenols is 1. The van der Waals surface area contributed by atoms with Gasteiger partial charge >= 0.3 is 0 Å². The van der Waals surface area contributed by atoms with Crippen LogP contribution in [0.2, 0.25) is 0 Å². The number of aryl methyl sites for hydroxylation is 1. The molecule has 0 aliphatic rings. The van der Waals surface area contributed by atoms with Gasteiger partial charge in [0.15, 0.2) is 0 Å². The number of methoxy groups -OCH3 is 1. The second kappa shape index (κ2) is 6.10. The average molecular weight is 271 g/mol. The van der Waals surface area contributed by atoms with Crippen molar-refractivity contribution < 1.29 is 14.6 Å². The first-order chi connectivity index (χ1) is 9.63. The summed E-state index contributed by atoms with van der Waals surface area (Å²) >= 11 is 0. The summed E-state index contributed by atoms with van der Waals surface area (Å²) in [5.41, 5.74) is 2.03. The van der Waals surface area contributed by atoms with Gasteiger partial charge in [-0.15, -0.1) is 0 Å². The lowest BCUT2D eigenvalue weighted by Gasteiger charge is -2.09. The Morgan fingerprint density at radius 1 is 1.25 bits per heavy atom. The van der Waals surface area contributed by atoms with Crippen molar-refractivity contribution >= 4 is 11.6 Å². The van der Waals surface area contributed by atoms with Crippen LogP contribution in [0.4, 0.5) is 5.69 Å². The molecular weight excluding hydrogens is 254 g/mol. The van der Waals surface area contributed by atoms with Gasteiger partial charge in [0, 0.05) is 5.69 Å². The van der Waals surface area contributed by atoms with Crippen molar-refractivity contribution in [2.24, 2.45) is 0 Å². The normalized spacial score (nSPS) is 10.1. The van der Waals surface area contributed by atoms with E-state index in [0.717, 1.165) is 12.0 Å². The molecule has 0 spiro atoms. The van der Waals surface area contributed by atoms with Gasteiger partial charge in [-0.05, 0) is 42.3 Å². The summed E-state index contributed by atoms with van der Waals surface area (Å²) in [7, 11) is 1.51. The smallest absolute Gasteiger partial charge is 0.259 e. The highest BCUT2D eigenvalue weighted by atomic mass is 16.5. The Labute approximate surface area is 118 Å². The number of phenolic OH excluding ortho intramolecular Hbond substituents is 1. The van der Waals surface area contributed by atoms with Crippen molar-refractivity contribution in [3.05, 3.63) is 53.6 Å². The minimum atomic E-state index is -0.366. The zero-order valence-corrected chi connectivity index (χ0v) is 11.5. The highest BCUT2D eigenvalue weighted by Crippen LogP contribution is 2.24. The molecule has 0 fully saturated rings. The standard InChI is InChI=1S/C16H17NO3/c1-3-11-5-4-6-12(9-11)17-16(19)14-10-13(20-2)7-8-15(14)18/h4-10,18H,3H2,1-2H3,(H,17,19). The first kappa shape index (κ1) is 13.9. The molecule has 2 N–H and O–H groups in total. The third-order valence-electron chi connectivity index (χ3n) is 3.04. The maximum absolute atomic E-state index is 12.2. The van der Waals surface area contributed by atoms with E-state index in [0.29, 0.717) is 11.4 Å². The molecule has 0 aliphatic carbocycles. The number of anilines is 1. The molecule has 0 aliphatic heterocycles. The maximum Gasteiger partial charge on any atom is 0.259 e. The first-order valence-electron chi connectivity index (χ1n) is 6.41. The predicted octanol–water partition coefficient (Wildman–Crippen LogP) is 3.22. The van der Waals surface area contributed by atoms with Gasteiger partial charge in [-0.25, -0.2) is 0 Å². The maximum atomic E-state index is 12.2. The average Bonchev–Trinajstić information content (AvgIpc) is 2.47. The fourth-order valence-corrected chi connectivity index (χ4v) is 1.89. The topological polar surface area (TPSA) is 58.6 Å². The SMILES string of the molecule is CCc1cccc(NC(=O)c2cc(OC)ccc2O)c1. The molecule has 104 valence electrons. The van der Waals surface area contributed by atoms with E-state index < -0.39 is 0 Å². The van der Waals surface area contributed by atoms with Gasteiger partial charge in [0.05, 0.1) is 12.7 Å². The highest BCUT2D eigenvalue weighted by molar-refractivity contribution is 6.06. The number of carbonyl (C=O) groups excluding carboxylic acids is 1. The fraction of sp³-hybridized carbons (Fsp3) is 0.188. The lowest BCUT2D eigenvalue weighted by Crippen LogP contribution is -2.12. The van der Waals surface area contributed by atoms with E-state index in [1.165, 1.54) is 19.2 Å². The summed E-state index contributed by atoms with van der Waals surface area (Å²) in [6, 6.07) is 12.2. The largest absolute Gasteiger partial charge is 0.507 e. The molecule has 0 heterocycles. The van der Waals surface area contributed by atoms with Gasteiger partial charge in [0.2, 0.25) is 0 Å². The number of rotatable bonds is 4. The van der Waals surface area contributed by atoms with Crippen LogP contribution < -0.4 is 10.1 Å². The molecule has 2 aromatic carbocycles. The molecule has 4 nitrogen and oxygen atoms in total. The van der Waals surface area contributed by atoms with Crippen LogP contribution in [0.15, 0.2) is 42.5 Å². The number of nitrogens with one attached hydrogen (secondary N) is 1. The van der Waals surface area contributed by atoms with Crippen LogP contribution in [-0.4, -0.2) is 18.1 Å². The summed E-state index contributed by atoms with van der Waals surface area (Å²) in [4.78, 5) is 12.2. The third-order valence-corrected chi connectivity index (χ3v) is 3.04. The lowest BCUT2D eigenvalue weighted by atomic mass is 10.1. The molecule has 0 radical (unpaired) electrons. The molecule has 0 saturated heterocycles. The zero-order chi connectivity index (χ0) is 14.5. The predicted molar refractivity (Wildman–Crippen MR) is 78.4 cm³/mol. The lowest BCUT2D eigenvalue weighted by molar-refractivity contribution is 0.102. The molecule has 1 amide bonds. The molecule has 0 bridgehead atoms. The van der Waals surface area contributed by atoms with Crippen LogP contribution in [0, 0.1) is 0 Å². The van der Waals surface area contributed by atoms with E-state index in [-0.39, 0.29) is 17.2 Å². The van der Waals surface area contributed by atoms with Gasteiger partial charge in [-0.2, -0.15) is 0 Å². The fourth-order valence-electron chi connectivity index (χ4n) is 1.89. The van der Waals surface area contributed by atoms with Gasteiger partial charge in [0.25, 0.3) is 5.91 Å². The minimum Gasteiger partial charge on any atom is -0.507 e. The van der Waals surface area contributed by atoms with Gasteiger partial charge in [0.1, 0.15) is 11.5 Å². The van der Waals surface area contributed by atoms with Crippen LogP contribution >= 0.6 is 0 Å². The Morgan fingerprint density at radius 2 is 2.05 bits per heavy atom. The number of amides is 1. The molecule has 4 heteroatoms. The van der Waals surface area contributed by atoms with Crippen molar-refractivity contribution in [3.63, 3.8) is 0 Å². The molecular formula is C16H17NO3. The molecule has 0 unspecified atom stereocenters. The summed E-state index contributed by atoms with van der Waals surface area (Å²) in [5.74, 6) is 0.0832. The van der Waals surface area contributed by atoms with Gasteiger partial charge in [-0.3, -0.25) is 4.79 Å². The second-order valence-corrected chi connectivity index (χ2v) is 4.39. The Hall–Kier alpha value is -2.49. The van der Waals surface area contributed by atoms with E-state index >= 15 is 0 Å². The van der Waals surface area contributed by atoms with Crippen molar-refractivity contribution in [1.82, 2.24) is 0 Å². The van der Waals surface area contributed by atoms with Crippen molar-refractivity contribution in [2.45, 2.75) is 13.3 Å². The van der Waals surface area contributed by atoms with Gasteiger partial charge in [-0.1, -0.05) is 19.1 Å². The van der Waals surface area contributed by atoms with E-state index in [4.69, 9.17) is 4.74 Å². The Morgan fingerprint density at radius 3 is 2.75 bits per heavy atom. The number of aromatic hydroxyl groups is 1. The van der Waals surface area contributed by atoms with E-state index in [2.05, 4.69) is 12.2 Å². The number of benzene rings is 2. The third kappa shape index (κ3) is 3.09. The van der Waals surface area contributed by atoms with Gasteiger partial charge < -0.3 is 15.2 Å². The summed E-state index contributed by atoms with van der Waals surface area (Å²) < 4.78 is 5.06. The highest BCUT2D eigenvalue weighted by Gasteiger charge is 2.12. The van der Waals surface area contributed by atoms with Crippen molar-refractivity contribution in [2.75, 3.05) is 12.4 Å². The number of ether oxygens (including phenoxy) is 1. The van der Waals surface area contributed by atoms with E-state index in [1.54, 1.807) is 6.07 Å². The summed E-state index contributed by atoms with van der Waals surface area (Å²) in [6.07, 6.45) is 0.897. The second-order valence-electron chi connectivity index (χ2n) is 4.39. The molecule has 0 atom stereocenters. The van der Waals surface area contributed by atoms with E-state index in [1.807, 2.05) is 24.3 Å². The van der Waals surface area contributed by atoms with E-state index in [9.17, 15) is 9.90 Å². The van der Waals surface area contributed by atoms with Crippen LogP contribution in [0.5, 0.6) is 11.5 Å². The van der Waals surface area contributed by atoms with Crippen molar-refractivity contribution in [3.8, 4) is 11.5 Å². The zero-order valence-electron chi connectivity index (χ0n) is 11.5. The number of hydrogen-bond acceptors (Lipinski definition) is 3. The Bertz CT molecular complexity index is 623. The Balaban J connectivity index is 2.23. The Kier molecular flexibility index (Phi) is 4.25.